The van der Waals surface area contributed by atoms with Gasteiger partial charge in [-0.1, -0.05) is 18.2 Å². The summed E-state index contributed by atoms with van der Waals surface area (Å²) in [6.45, 7) is 0. The maximum Gasteiger partial charge on any atom is 0.169 e. The summed E-state index contributed by atoms with van der Waals surface area (Å²) in [6.07, 6.45) is 5.33. The van der Waals surface area contributed by atoms with Gasteiger partial charge in [-0.2, -0.15) is 0 Å². The molecule has 9 heteroatoms. The molecule has 0 bridgehead atoms. The molecule has 0 spiro atoms. The highest BCUT2D eigenvalue weighted by Gasteiger charge is 2.22. The Morgan fingerprint density at radius 1 is 0.400 bits per heavy atom. The Morgan fingerprint density at radius 2 is 1.00 bits per heavy atom. The number of hydrogen-bond acceptors (Lipinski definition) is 7. The maximum atomic E-state index is 5.28. The normalized spacial score (nSPS) is 12.0. The lowest BCUT2D eigenvalue weighted by atomic mass is 10.2. The molecule has 0 aliphatic carbocycles. The van der Waals surface area contributed by atoms with Crippen molar-refractivity contribution in [1.29, 1.82) is 0 Å². The van der Waals surface area contributed by atoms with E-state index in [1.165, 1.54) is 0 Å². The third-order valence-corrected chi connectivity index (χ3v) is 7.28. The largest absolute Gasteiger partial charge is 0.276 e. The fraction of sp³-hybridized carbons (Fsp3) is 0. The van der Waals surface area contributed by atoms with Crippen molar-refractivity contribution < 1.29 is 0 Å². The van der Waals surface area contributed by atoms with Crippen LogP contribution >= 0.6 is 0 Å². The molecule has 40 heavy (non-hydrogen) atoms. The zero-order valence-electron chi connectivity index (χ0n) is 20.8. The lowest BCUT2D eigenvalue weighted by Crippen LogP contribution is -2.02. The molecule has 9 nitrogen and oxygen atoms in total. The number of para-hydroxylation sites is 1. The first kappa shape index (κ1) is 21.1. The van der Waals surface area contributed by atoms with Gasteiger partial charge in [0.2, 0.25) is 0 Å². The van der Waals surface area contributed by atoms with E-state index in [0.717, 1.165) is 66.7 Å². The zero-order valence-corrected chi connectivity index (χ0v) is 20.8. The quantitative estimate of drug-likeness (QED) is 0.280. The minimum Gasteiger partial charge on any atom is -0.276 e. The van der Waals surface area contributed by atoms with Crippen LogP contribution in [0.1, 0.15) is 0 Å². The fourth-order valence-electron chi connectivity index (χ4n) is 5.53. The molecule has 0 N–H and O–H groups in total. The number of aromatic nitrogens is 9. The van der Waals surface area contributed by atoms with E-state index in [0.29, 0.717) is 11.3 Å². The van der Waals surface area contributed by atoms with Gasteiger partial charge in [-0.15, -0.1) is 0 Å². The number of nitrogens with zero attached hydrogens (tertiary/aromatic N) is 9. The van der Waals surface area contributed by atoms with Gasteiger partial charge in [0.1, 0.15) is 28.2 Å². The van der Waals surface area contributed by atoms with Crippen LogP contribution in [-0.4, -0.2) is 44.0 Å². The van der Waals surface area contributed by atoms with Gasteiger partial charge in [0, 0.05) is 24.0 Å². The molecule has 0 saturated carbocycles. The van der Waals surface area contributed by atoms with E-state index in [9.17, 15) is 0 Å². The van der Waals surface area contributed by atoms with Crippen molar-refractivity contribution in [2.75, 3.05) is 0 Å². The predicted molar refractivity (Wildman–Crippen MR) is 155 cm³/mol. The molecular weight excluding hydrogens is 498 g/mol. The Bertz CT molecular complexity index is 2290. The molecule has 186 valence electrons. The second-order valence-corrected chi connectivity index (χ2v) is 9.55. The lowest BCUT2D eigenvalue weighted by molar-refractivity contribution is 1.04. The Morgan fingerprint density at radius 3 is 1.75 bits per heavy atom. The minimum absolute atomic E-state index is 0.670. The first-order valence-electron chi connectivity index (χ1n) is 12.8. The van der Waals surface area contributed by atoms with Crippen LogP contribution in [0.5, 0.6) is 0 Å². The van der Waals surface area contributed by atoms with E-state index in [2.05, 4.69) is 26.7 Å². The molecule has 9 aromatic rings. The second-order valence-electron chi connectivity index (χ2n) is 9.55. The van der Waals surface area contributed by atoms with E-state index < -0.39 is 0 Å². The van der Waals surface area contributed by atoms with Crippen molar-refractivity contribution in [3.8, 4) is 11.6 Å². The summed E-state index contributed by atoms with van der Waals surface area (Å²) >= 11 is 0. The van der Waals surface area contributed by atoms with Crippen molar-refractivity contribution in [2.24, 2.45) is 0 Å². The Labute approximate surface area is 225 Å². The summed E-state index contributed by atoms with van der Waals surface area (Å²) in [7, 11) is 0. The van der Waals surface area contributed by atoms with Gasteiger partial charge in [-0.25, -0.2) is 19.9 Å². The van der Waals surface area contributed by atoms with E-state index >= 15 is 0 Å². The SMILES string of the molecule is c1cnc2ccc(-n3c4ccccc4c4nc5c6ncccc6n(-c6ccc7ncccc7n6)c5nc43)nc2c1. The van der Waals surface area contributed by atoms with Crippen LogP contribution in [-0.2, 0) is 0 Å². The van der Waals surface area contributed by atoms with E-state index in [-0.39, 0.29) is 0 Å². The molecule has 8 heterocycles. The number of benzene rings is 1. The average molecular weight is 516 g/mol. The van der Waals surface area contributed by atoms with Crippen LogP contribution in [0.25, 0.3) is 78.0 Å². The average Bonchev–Trinajstić information content (AvgIpc) is 3.51. The third kappa shape index (κ3) is 2.88. The highest BCUT2D eigenvalue weighted by Crippen LogP contribution is 2.34. The maximum absolute atomic E-state index is 5.28. The summed E-state index contributed by atoms with van der Waals surface area (Å²) in [5.74, 6) is 1.47. The van der Waals surface area contributed by atoms with Crippen molar-refractivity contribution in [2.45, 2.75) is 0 Å². The standard InChI is InChI=1S/C31H17N9/c1-2-9-23-18(6-1)27-30(39(23)25-13-11-19-21(35-25)7-3-15-32-19)38-31-29(37-27)28-24(10-5-17-34-28)40(31)26-14-12-20-22(36-26)8-4-16-33-20/h1-17H. The number of hydrogen-bond donors (Lipinski definition) is 0. The molecule has 1 aromatic carbocycles. The first-order chi connectivity index (χ1) is 19.8. The van der Waals surface area contributed by atoms with Gasteiger partial charge < -0.3 is 0 Å². The highest BCUT2D eigenvalue weighted by atomic mass is 15.2. The summed E-state index contributed by atoms with van der Waals surface area (Å²) < 4.78 is 4.09. The molecule has 0 amide bonds. The smallest absolute Gasteiger partial charge is 0.169 e. The van der Waals surface area contributed by atoms with Crippen LogP contribution in [0.3, 0.4) is 0 Å². The summed E-state index contributed by atoms with van der Waals surface area (Å²) in [4.78, 5) is 34.0. The van der Waals surface area contributed by atoms with Gasteiger partial charge in [0.15, 0.2) is 11.3 Å². The molecule has 0 saturated heterocycles. The molecule has 0 aliphatic rings. The summed E-state index contributed by atoms with van der Waals surface area (Å²) in [5.41, 5.74) is 8.78. The van der Waals surface area contributed by atoms with Gasteiger partial charge in [-0.05, 0) is 66.7 Å². The molecule has 0 unspecified atom stereocenters. The predicted octanol–water partition coefficient (Wildman–Crippen LogP) is 5.95. The summed E-state index contributed by atoms with van der Waals surface area (Å²) in [6, 6.07) is 27.7. The Balaban J connectivity index is 1.43. The third-order valence-electron chi connectivity index (χ3n) is 7.28. The number of rotatable bonds is 2. The first-order valence-corrected chi connectivity index (χ1v) is 12.8. The molecule has 0 aliphatic heterocycles. The Hall–Kier alpha value is -5.83. The van der Waals surface area contributed by atoms with E-state index in [1.807, 2.05) is 77.4 Å². The van der Waals surface area contributed by atoms with E-state index in [4.69, 9.17) is 24.9 Å². The zero-order chi connectivity index (χ0) is 26.2. The molecule has 8 aromatic heterocycles. The van der Waals surface area contributed by atoms with Crippen LogP contribution in [0.2, 0.25) is 0 Å². The molecule has 0 radical (unpaired) electrons. The minimum atomic E-state index is 0.670. The molecular formula is C31H17N9. The van der Waals surface area contributed by atoms with Crippen molar-refractivity contribution >= 4 is 66.3 Å². The molecule has 0 fully saturated rings. The highest BCUT2D eigenvalue weighted by molar-refractivity contribution is 6.11. The monoisotopic (exact) mass is 515 g/mol. The fourth-order valence-corrected chi connectivity index (χ4v) is 5.53. The molecule has 0 atom stereocenters. The van der Waals surface area contributed by atoms with Gasteiger partial charge >= 0.3 is 0 Å². The van der Waals surface area contributed by atoms with Gasteiger partial charge in [0.25, 0.3) is 0 Å². The second kappa shape index (κ2) is 7.84. The van der Waals surface area contributed by atoms with Crippen molar-refractivity contribution in [3.05, 3.63) is 104 Å². The van der Waals surface area contributed by atoms with Crippen LogP contribution < -0.4 is 0 Å². The van der Waals surface area contributed by atoms with E-state index in [1.54, 1.807) is 18.6 Å². The topological polar surface area (TPSA) is 100 Å². The summed E-state index contributed by atoms with van der Waals surface area (Å²) in [5, 5.41) is 0.992. The van der Waals surface area contributed by atoms with Crippen LogP contribution in [0.4, 0.5) is 0 Å². The van der Waals surface area contributed by atoms with Gasteiger partial charge in [0.05, 0.1) is 33.1 Å². The van der Waals surface area contributed by atoms with Crippen LogP contribution in [0.15, 0.2) is 104 Å². The van der Waals surface area contributed by atoms with Crippen molar-refractivity contribution in [3.63, 3.8) is 0 Å². The Kier molecular flexibility index (Phi) is 4.14. The lowest BCUT2D eigenvalue weighted by Gasteiger charge is -2.08. The number of pyridine rings is 5. The molecule has 9 rings (SSSR count). The van der Waals surface area contributed by atoms with Crippen LogP contribution in [0, 0.1) is 0 Å². The van der Waals surface area contributed by atoms with Gasteiger partial charge in [-0.3, -0.25) is 24.1 Å². The number of fused-ring (bicyclic) bond motifs is 8. The van der Waals surface area contributed by atoms with Crippen molar-refractivity contribution in [1.82, 2.24) is 44.0 Å².